The highest BCUT2D eigenvalue weighted by Gasteiger charge is 2.14. The van der Waals surface area contributed by atoms with Crippen molar-refractivity contribution in [2.75, 3.05) is 5.73 Å². The third kappa shape index (κ3) is 1.80. The summed E-state index contributed by atoms with van der Waals surface area (Å²) >= 11 is 8.57. The van der Waals surface area contributed by atoms with E-state index in [2.05, 4.69) is 36.8 Å². The van der Waals surface area contributed by atoms with Crippen molar-refractivity contribution in [3.63, 3.8) is 0 Å². The van der Waals surface area contributed by atoms with E-state index in [1.54, 1.807) is 11.3 Å². The molecule has 0 saturated heterocycles. The minimum absolute atomic E-state index is 0.657. The molecular weight excluding hydrogens is 366 g/mol. The molecule has 0 aromatic carbocycles. The van der Waals surface area contributed by atoms with E-state index < -0.39 is 0 Å². The van der Waals surface area contributed by atoms with Crippen molar-refractivity contribution in [3.05, 3.63) is 38.7 Å². The van der Waals surface area contributed by atoms with Gasteiger partial charge in [0.05, 0.1) is 9.35 Å². The molecule has 0 spiro atoms. The van der Waals surface area contributed by atoms with Gasteiger partial charge in [-0.1, -0.05) is 6.07 Å². The Morgan fingerprint density at radius 3 is 2.88 bits per heavy atom. The van der Waals surface area contributed by atoms with Crippen LogP contribution in [0.1, 0.15) is 0 Å². The van der Waals surface area contributed by atoms with Gasteiger partial charge in [0.2, 0.25) is 0 Å². The second-order valence-electron chi connectivity index (χ2n) is 3.52. The third-order valence-electron chi connectivity index (χ3n) is 2.43. The first-order valence-electron chi connectivity index (χ1n) is 4.83. The minimum atomic E-state index is 0.657. The fraction of sp³-hybridized carbons (Fsp3) is 0. The van der Waals surface area contributed by atoms with Gasteiger partial charge in [0, 0.05) is 10.7 Å². The topological polar surface area (TPSA) is 43.3 Å². The van der Waals surface area contributed by atoms with Crippen molar-refractivity contribution in [2.24, 2.45) is 0 Å². The van der Waals surface area contributed by atoms with Crippen molar-refractivity contribution >= 4 is 54.7 Å². The van der Waals surface area contributed by atoms with Crippen LogP contribution in [-0.2, 0) is 0 Å². The molecule has 3 heterocycles. The predicted molar refractivity (Wildman–Crippen MR) is 78.3 cm³/mol. The first kappa shape index (κ1) is 11.3. The molecule has 0 fully saturated rings. The highest BCUT2D eigenvalue weighted by atomic mass is 79.9. The molecular formula is C11H7Br2N3S. The Morgan fingerprint density at radius 1 is 1.35 bits per heavy atom. The summed E-state index contributed by atoms with van der Waals surface area (Å²) in [7, 11) is 0. The van der Waals surface area contributed by atoms with Gasteiger partial charge in [-0.25, -0.2) is 4.98 Å². The predicted octanol–water partition coefficient (Wildman–Crippen LogP) is 4.17. The number of pyridine rings is 1. The van der Waals surface area contributed by atoms with Crippen LogP contribution >= 0.6 is 43.2 Å². The summed E-state index contributed by atoms with van der Waals surface area (Å²) in [5, 5.41) is 2.02. The van der Waals surface area contributed by atoms with Gasteiger partial charge in [0.15, 0.2) is 5.65 Å². The Hall–Kier alpha value is -0.850. The number of hydrogen-bond acceptors (Lipinski definition) is 3. The standard InChI is InChI=1S/C11H7Br2N3S/c12-6-4-7(13)11-15-9(8-2-1-3-17-8)10(14)16(11)5-6/h1-5H,14H2. The molecule has 0 aliphatic carbocycles. The Bertz CT molecular complexity index is 688. The maximum atomic E-state index is 6.13. The molecule has 17 heavy (non-hydrogen) atoms. The summed E-state index contributed by atoms with van der Waals surface area (Å²) in [6.07, 6.45) is 1.92. The fourth-order valence-corrected chi connectivity index (χ4v) is 3.68. The molecule has 0 radical (unpaired) electrons. The van der Waals surface area contributed by atoms with E-state index in [1.807, 2.05) is 34.2 Å². The number of imidazole rings is 1. The highest BCUT2D eigenvalue weighted by Crippen LogP contribution is 2.33. The first-order valence-corrected chi connectivity index (χ1v) is 7.30. The number of nitrogens with two attached hydrogens (primary N) is 1. The number of rotatable bonds is 1. The summed E-state index contributed by atoms with van der Waals surface area (Å²) in [5.41, 5.74) is 7.79. The molecule has 0 aliphatic rings. The summed E-state index contributed by atoms with van der Waals surface area (Å²) in [4.78, 5) is 5.65. The van der Waals surface area contributed by atoms with Crippen LogP contribution in [0.15, 0.2) is 38.7 Å². The van der Waals surface area contributed by atoms with Crippen molar-refractivity contribution in [1.82, 2.24) is 9.38 Å². The highest BCUT2D eigenvalue weighted by molar-refractivity contribution is 9.11. The molecule has 0 bridgehead atoms. The number of aromatic nitrogens is 2. The number of nitrogen functional groups attached to an aromatic ring is 1. The summed E-state index contributed by atoms with van der Waals surface area (Å²) in [5.74, 6) is 0.657. The van der Waals surface area contributed by atoms with Gasteiger partial charge in [0.1, 0.15) is 11.5 Å². The molecule has 2 N–H and O–H groups in total. The Morgan fingerprint density at radius 2 is 2.18 bits per heavy atom. The van der Waals surface area contributed by atoms with Crippen LogP contribution in [0, 0.1) is 0 Å². The van der Waals surface area contributed by atoms with Crippen molar-refractivity contribution in [1.29, 1.82) is 0 Å². The number of nitrogens with zero attached hydrogens (tertiary/aromatic N) is 2. The molecule has 3 aromatic rings. The molecule has 3 rings (SSSR count). The molecule has 0 amide bonds. The number of thiophene rings is 1. The summed E-state index contributed by atoms with van der Waals surface area (Å²) in [6, 6.07) is 5.97. The second kappa shape index (κ2) is 4.12. The lowest BCUT2D eigenvalue weighted by Gasteiger charge is -1.99. The molecule has 86 valence electrons. The maximum absolute atomic E-state index is 6.13. The molecule has 0 saturated carbocycles. The zero-order valence-electron chi connectivity index (χ0n) is 8.52. The van der Waals surface area contributed by atoms with Crippen molar-refractivity contribution in [3.8, 4) is 10.6 Å². The monoisotopic (exact) mass is 371 g/mol. The molecule has 3 nitrogen and oxygen atoms in total. The van der Waals surface area contributed by atoms with E-state index in [4.69, 9.17) is 5.73 Å². The van der Waals surface area contributed by atoms with E-state index in [0.29, 0.717) is 5.82 Å². The summed E-state index contributed by atoms with van der Waals surface area (Å²) in [6.45, 7) is 0. The van der Waals surface area contributed by atoms with Crippen molar-refractivity contribution < 1.29 is 0 Å². The quantitative estimate of drug-likeness (QED) is 0.696. The van der Waals surface area contributed by atoms with Crippen molar-refractivity contribution in [2.45, 2.75) is 0 Å². The van der Waals surface area contributed by atoms with Crippen LogP contribution in [0.3, 0.4) is 0 Å². The normalized spacial score (nSPS) is 11.2. The van der Waals surface area contributed by atoms with Crippen LogP contribution in [0.5, 0.6) is 0 Å². The Labute approximate surface area is 119 Å². The van der Waals surface area contributed by atoms with E-state index in [1.165, 1.54) is 0 Å². The molecule has 0 unspecified atom stereocenters. The van der Waals surface area contributed by atoms with Crippen LogP contribution in [0.2, 0.25) is 0 Å². The van der Waals surface area contributed by atoms with Gasteiger partial charge in [-0.05, 0) is 49.4 Å². The SMILES string of the molecule is Nc1c(-c2cccs2)nc2c(Br)cc(Br)cn12. The Balaban J connectivity index is 2.36. The lowest BCUT2D eigenvalue weighted by Crippen LogP contribution is -1.93. The van der Waals surface area contributed by atoms with E-state index in [0.717, 1.165) is 25.2 Å². The fourth-order valence-electron chi connectivity index (χ4n) is 1.69. The van der Waals surface area contributed by atoms with Gasteiger partial charge in [-0.3, -0.25) is 4.40 Å². The lowest BCUT2D eigenvalue weighted by molar-refractivity contribution is 1.17. The van der Waals surface area contributed by atoms with Gasteiger partial charge in [-0.15, -0.1) is 11.3 Å². The molecule has 0 atom stereocenters. The maximum Gasteiger partial charge on any atom is 0.153 e. The third-order valence-corrected chi connectivity index (χ3v) is 4.33. The molecule has 3 aromatic heterocycles. The second-order valence-corrected chi connectivity index (χ2v) is 6.24. The number of anilines is 1. The number of fused-ring (bicyclic) bond motifs is 1. The van der Waals surface area contributed by atoms with E-state index in [9.17, 15) is 0 Å². The van der Waals surface area contributed by atoms with Gasteiger partial charge >= 0.3 is 0 Å². The first-order chi connectivity index (χ1) is 8.16. The average molecular weight is 373 g/mol. The number of halogens is 2. The Kier molecular flexibility index (Phi) is 2.72. The minimum Gasteiger partial charge on any atom is -0.383 e. The number of hydrogen-bond donors (Lipinski definition) is 1. The summed E-state index contributed by atoms with van der Waals surface area (Å²) < 4.78 is 3.75. The van der Waals surface area contributed by atoms with Crippen LogP contribution in [0.25, 0.3) is 16.2 Å². The molecule has 0 aliphatic heterocycles. The zero-order chi connectivity index (χ0) is 12.0. The van der Waals surface area contributed by atoms with Gasteiger partial charge in [-0.2, -0.15) is 0 Å². The smallest absolute Gasteiger partial charge is 0.153 e. The van der Waals surface area contributed by atoms with E-state index in [-0.39, 0.29) is 0 Å². The average Bonchev–Trinajstić information content (AvgIpc) is 2.87. The lowest BCUT2D eigenvalue weighted by atomic mass is 10.3. The van der Waals surface area contributed by atoms with Crippen LogP contribution in [0.4, 0.5) is 5.82 Å². The van der Waals surface area contributed by atoms with Crippen LogP contribution < -0.4 is 5.73 Å². The van der Waals surface area contributed by atoms with Gasteiger partial charge in [0.25, 0.3) is 0 Å². The zero-order valence-corrected chi connectivity index (χ0v) is 12.5. The largest absolute Gasteiger partial charge is 0.383 e. The van der Waals surface area contributed by atoms with E-state index >= 15 is 0 Å². The van der Waals surface area contributed by atoms with Crippen LogP contribution in [-0.4, -0.2) is 9.38 Å². The molecule has 6 heteroatoms. The van der Waals surface area contributed by atoms with Gasteiger partial charge < -0.3 is 5.73 Å².